The van der Waals surface area contributed by atoms with Crippen molar-refractivity contribution in [3.05, 3.63) is 69.2 Å². The molecule has 0 aliphatic rings. The Labute approximate surface area is 117 Å². The number of rotatable bonds is 3. The number of hydrogen-bond donors (Lipinski definition) is 1. The molecule has 2 aromatic carbocycles. The maximum absolute atomic E-state index is 10.4. The summed E-state index contributed by atoms with van der Waals surface area (Å²) in [5.74, 6) is 0. The van der Waals surface area contributed by atoms with E-state index in [1.54, 1.807) is 18.2 Å². The molecule has 2 aromatic rings. The van der Waals surface area contributed by atoms with Crippen LogP contribution >= 0.6 is 23.2 Å². The summed E-state index contributed by atoms with van der Waals surface area (Å²) < 4.78 is 0. The predicted octanol–water partition coefficient (Wildman–Crippen LogP) is 4.64. The van der Waals surface area contributed by atoms with Crippen molar-refractivity contribution >= 4 is 23.2 Å². The molecule has 0 aliphatic heterocycles. The number of aliphatic hydroxyl groups is 1. The van der Waals surface area contributed by atoms with Gasteiger partial charge in [0.05, 0.1) is 0 Å². The standard InChI is InChI=1S/C15H14Cl2O/c1-2-10-4-3-5-11(8-10)15(18)13-7-6-12(16)9-14(13)17/h3-9,15,18H,2H2,1H3. The van der Waals surface area contributed by atoms with E-state index in [4.69, 9.17) is 23.2 Å². The van der Waals surface area contributed by atoms with Gasteiger partial charge < -0.3 is 5.11 Å². The summed E-state index contributed by atoms with van der Waals surface area (Å²) in [6.07, 6.45) is 0.218. The van der Waals surface area contributed by atoms with Crippen LogP contribution in [0.2, 0.25) is 10.0 Å². The van der Waals surface area contributed by atoms with Crippen molar-refractivity contribution in [1.82, 2.24) is 0 Å². The van der Waals surface area contributed by atoms with E-state index in [2.05, 4.69) is 6.92 Å². The quantitative estimate of drug-likeness (QED) is 0.869. The molecule has 94 valence electrons. The van der Waals surface area contributed by atoms with Crippen molar-refractivity contribution in [2.75, 3.05) is 0 Å². The summed E-state index contributed by atoms with van der Waals surface area (Å²) in [6, 6.07) is 13.0. The predicted molar refractivity (Wildman–Crippen MR) is 76.3 cm³/mol. The average Bonchev–Trinajstić information content (AvgIpc) is 2.38. The number of aryl methyl sites for hydroxylation is 1. The Morgan fingerprint density at radius 3 is 2.56 bits per heavy atom. The van der Waals surface area contributed by atoms with Crippen molar-refractivity contribution in [3.8, 4) is 0 Å². The molecule has 0 aromatic heterocycles. The normalized spacial score (nSPS) is 12.4. The fourth-order valence-corrected chi connectivity index (χ4v) is 2.40. The third kappa shape index (κ3) is 2.86. The van der Waals surface area contributed by atoms with Crippen LogP contribution < -0.4 is 0 Å². The second-order valence-electron chi connectivity index (χ2n) is 4.17. The molecule has 1 nitrogen and oxygen atoms in total. The van der Waals surface area contributed by atoms with Gasteiger partial charge in [-0.15, -0.1) is 0 Å². The largest absolute Gasteiger partial charge is 0.384 e. The number of hydrogen-bond acceptors (Lipinski definition) is 1. The van der Waals surface area contributed by atoms with Crippen molar-refractivity contribution in [3.63, 3.8) is 0 Å². The van der Waals surface area contributed by atoms with E-state index >= 15 is 0 Å². The monoisotopic (exact) mass is 280 g/mol. The van der Waals surface area contributed by atoms with E-state index in [0.29, 0.717) is 15.6 Å². The number of benzene rings is 2. The first-order valence-corrected chi connectivity index (χ1v) is 6.59. The summed E-state index contributed by atoms with van der Waals surface area (Å²) >= 11 is 12.0. The van der Waals surface area contributed by atoms with E-state index in [1.165, 1.54) is 5.56 Å². The summed E-state index contributed by atoms with van der Waals surface area (Å²) in [4.78, 5) is 0. The zero-order chi connectivity index (χ0) is 13.1. The SMILES string of the molecule is CCc1cccc(C(O)c2ccc(Cl)cc2Cl)c1. The Bertz CT molecular complexity index is 552. The number of halogens is 2. The van der Waals surface area contributed by atoms with Crippen molar-refractivity contribution in [2.24, 2.45) is 0 Å². The molecule has 2 rings (SSSR count). The third-order valence-electron chi connectivity index (χ3n) is 2.93. The highest BCUT2D eigenvalue weighted by Crippen LogP contribution is 2.30. The molecule has 0 radical (unpaired) electrons. The minimum atomic E-state index is -0.721. The van der Waals surface area contributed by atoms with Gasteiger partial charge in [0, 0.05) is 15.6 Å². The van der Waals surface area contributed by atoms with E-state index in [-0.39, 0.29) is 0 Å². The van der Waals surface area contributed by atoms with Crippen LogP contribution in [0.25, 0.3) is 0 Å². The first kappa shape index (κ1) is 13.4. The van der Waals surface area contributed by atoms with Crippen LogP contribution in [-0.4, -0.2) is 5.11 Å². The van der Waals surface area contributed by atoms with Gasteiger partial charge in [0.2, 0.25) is 0 Å². The van der Waals surface area contributed by atoms with Gasteiger partial charge in [0.15, 0.2) is 0 Å². The van der Waals surface area contributed by atoms with Crippen molar-refractivity contribution in [1.29, 1.82) is 0 Å². The van der Waals surface area contributed by atoms with Gasteiger partial charge in [-0.1, -0.05) is 60.5 Å². The highest BCUT2D eigenvalue weighted by Gasteiger charge is 2.14. The van der Waals surface area contributed by atoms with Crippen molar-refractivity contribution < 1.29 is 5.11 Å². The fraction of sp³-hybridized carbons (Fsp3) is 0.200. The lowest BCUT2D eigenvalue weighted by atomic mass is 9.99. The zero-order valence-electron chi connectivity index (χ0n) is 10.0. The van der Waals surface area contributed by atoms with Crippen LogP contribution in [0.4, 0.5) is 0 Å². The van der Waals surface area contributed by atoms with Gasteiger partial charge in [-0.05, 0) is 29.7 Å². The highest BCUT2D eigenvalue weighted by molar-refractivity contribution is 6.35. The van der Waals surface area contributed by atoms with E-state index in [0.717, 1.165) is 12.0 Å². The molecule has 0 saturated carbocycles. The molecular formula is C15H14Cl2O. The van der Waals surface area contributed by atoms with E-state index in [1.807, 2.05) is 24.3 Å². The summed E-state index contributed by atoms with van der Waals surface area (Å²) in [5.41, 5.74) is 2.71. The third-order valence-corrected chi connectivity index (χ3v) is 3.49. The lowest BCUT2D eigenvalue weighted by Gasteiger charge is -2.14. The molecule has 0 amide bonds. The molecule has 0 aliphatic carbocycles. The van der Waals surface area contributed by atoms with E-state index < -0.39 is 6.10 Å². The molecule has 1 unspecified atom stereocenters. The smallest absolute Gasteiger partial charge is 0.105 e. The lowest BCUT2D eigenvalue weighted by Crippen LogP contribution is -2.01. The molecule has 1 atom stereocenters. The molecule has 1 N–H and O–H groups in total. The Morgan fingerprint density at radius 2 is 1.89 bits per heavy atom. The van der Waals surface area contributed by atoms with Crippen LogP contribution in [0.15, 0.2) is 42.5 Å². The van der Waals surface area contributed by atoms with Crippen LogP contribution in [0.5, 0.6) is 0 Å². The Kier molecular flexibility index (Phi) is 4.28. The highest BCUT2D eigenvalue weighted by atomic mass is 35.5. The maximum atomic E-state index is 10.4. The van der Waals surface area contributed by atoms with Gasteiger partial charge in [-0.3, -0.25) is 0 Å². The summed E-state index contributed by atoms with van der Waals surface area (Å²) in [6.45, 7) is 2.08. The Hall–Kier alpha value is -1.02. The second kappa shape index (κ2) is 5.75. The summed E-state index contributed by atoms with van der Waals surface area (Å²) in [5, 5.41) is 11.4. The second-order valence-corrected chi connectivity index (χ2v) is 5.01. The van der Waals surface area contributed by atoms with Crippen LogP contribution in [0.3, 0.4) is 0 Å². The van der Waals surface area contributed by atoms with Gasteiger partial charge in [-0.2, -0.15) is 0 Å². The zero-order valence-corrected chi connectivity index (χ0v) is 11.5. The first-order valence-electron chi connectivity index (χ1n) is 5.83. The van der Waals surface area contributed by atoms with Crippen LogP contribution in [-0.2, 0) is 6.42 Å². The maximum Gasteiger partial charge on any atom is 0.105 e. The molecule has 18 heavy (non-hydrogen) atoms. The lowest BCUT2D eigenvalue weighted by molar-refractivity contribution is 0.220. The molecule has 0 saturated heterocycles. The fourth-order valence-electron chi connectivity index (χ4n) is 1.89. The van der Waals surface area contributed by atoms with Gasteiger partial charge in [-0.25, -0.2) is 0 Å². The average molecular weight is 281 g/mol. The van der Waals surface area contributed by atoms with Gasteiger partial charge >= 0.3 is 0 Å². The Morgan fingerprint density at radius 1 is 1.11 bits per heavy atom. The molecule has 0 spiro atoms. The van der Waals surface area contributed by atoms with E-state index in [9.17, 15) is 5.11 Å². The van der Waals surface area contributed by atoms with Crippen molar-refractivity contribution in [2.45, 2.75) is 19.4 Å². The molecule has 0 bridgehead atoms. The van der Waals surface area contributed by atoms with Crippen LogP contribution in [0, 0.1) is 0 Å². The minimum Gasteiger partial charge on any atom is -0.384 e. The molecule has 0 heterocycles. The number of aliphatic hydroxyl groups excluding tert-OH is 1. The molecular weight excluding hydrogens is 267 g/mol. The van der Waals surface area contributed by atoms with Gasteiger partial charge in [0.25, 0.3) is 0 Å². The molecule has 0 fully saturated rings. The first-order chi connectivity index (χ1) is 8.61. The van der Waals surface area contributed by atoms with Gasteiger partial charge in [0.1, 0.15) is 6.10 Å². The summed E-state index contributed by atoms with van der Waals surface area (Å²) in [7, 11) is 0. The molecule has 3 heteroatoms. The Balaban J connectivity index is 2.37. The van der Waals surface area contributed by atoms with Crippen LogP contribution in [0.1, 0.15) is 29.7 Å². The minimum absolute atomic E-state index is 0.483. The topological polar surface area (TPSA) is 20.2 Å².